The molecule has 0 spiro atoms. The summed E-state index contributed by atoms with van der Waals surface area (Å²) in [4.78, 5) is 0. The maximum atomic E-state index is 5.39. The Kier molecular flexibility index (Phi) is 1.98. The van der Waals surface area contributed by atoms with Crippen LogP contribution in [0.3, 0.4) is 0 Å². The fourth-order valence-corrected chi connectivity index (χ4v) is 1.48. The minimum atomic E-state index is 0.833. The predicted molar refractivity (Wildman–Crippen MR) is 58.7 cm³/mol. The number of hydrogen-bond acceptors (Lipinski definition) is 0. The van der Waals surface area contributed by atoms with Crippen LogP contribution in [0.25, 0.3) is 10.8 Å². The van der Waals surface area contributed by atoms with Gasteiger partial charge < -0.3 is 0 Å². The van der Waals surface area contributed by atoms with Crippen molar-refractivity contribution in [2.75, 3.05) is 0 Å². The van der Waals surface area contributed by atoms with Gasteiger partial charge in [-0.15, -0.1) is 12.8 Å². The molecule has 0 atom stereocenters. The molecule has 0 bridgehead atoms. The van der Waals surface area contributed by atoms with Crippen LogP contribution in [0.2, 0.25) is 0 Å². The molecule has 2 aromatic rings. The van der Waals surface area contributed by atoms with Gasteiger partial charge in [0, 0.05) is 16.5 Å². The Morgan fingerprint density at radius 1 is 1.00 bits per heavy atom. The highest BCUT2D eigenvalue weighted by molar-refractivity contribution is 5.92. The lowest BCUT2D eigenvalue weighted by molar-refractivity contribution is 1.67. The van der Waals surface area contributed by atoms with Gasteiger partial charge >= 0.3 is 0 Å². The van der Waals surface area contributed by atoms with Gasteiger partial charge in [-0.1, -0.05) is 30.0 Å². The lowest BCUT2D eigenvalue weighted by atomic mass is 10.0. The molecule has 0 fully saturated rings. The normalized spacial score (nSPS) is 9.29. The number of hydrogen-bond donors (Lipinski definition) is 0. The van der Waals surface area contributed by atoms with Crippen molar-refractivity contribution in [3.05, 3.63) is 47.5 Å². The summed E-state index contributed by atoms with van der Waals surface area (Å²) in [5, 5.41) is 1.91. The molecule has 0 amide bonds. The maximum absolute atomic E-state index is 5.39. The van der Waals surface area contributed by atoms with Gasteiger partial charge in [-0.3, -0.25) is 0 Å². The molecular formula is C14H7. The van der Waals surface area contributed by atoms with E-state index in [4.69, 9.17) is 12.8 Å². The summed E-state index contributed by atoms with van der Waals surface area (Å²) in [5.41, 5.74) is 1.69. The molecule has 0 aromatic heterocycles. The standard InChI is InChI=1S/C14H7/c1-3-11-7-5-10-14-12(4-2)8-6-9-13(11)14/h1-2,5-9H. The molecule has 0 heteroatoms. The number of fused-ring (bicyclic) bond motifs is 1. The number of benzene rings is 2. The Morgan fingerprint density at radius 2 is 1.79 bits per heavy atom. The molecule has 0 heterocycles. The summed E-state index contributed by atoms with van der Waals surface area (Å²) >= 11 is 0. The van der Waals surface area contributed by atoms with Crippen LogP contribution in [0.15, 0.2) is 30.3 Å². The minimum Gasteiger partial charge on any atom is -0.115 e. The van der Waals surface area contributed by atoms with Crippen molar-refractivity contribution >= 4 is 10.8 Å². The van der Waals surface area contributed by atoms with E-state index in [1.807, 2.05) is 24.3 Å². The molecule has 1 radical (unpaired) electrons. The predicted octanol–water partition coefficient (Wildman–Crippen LogP) is 2.60. The Labute approximate surface area is 83.6 Å². The third-order valence-corrected chi connectivity index (χ3v) is 2.14. The number of rotatable bonds is 0. The zero-order valence-corrected chi connectivity index (χ0v) is 7.54. The van der Waals surface area contributed by atoms with Crippen LogP contribution in [-0.2, 0) is 0 Å². The third kappa shape index (κ3) is 1.15. The molecule has 0 saturated carbocycles. The van der Waals surface area contributed by atoms with Gasteiger partial charge in [0.2, 0.25) is 0 Å². The first-order valence-corrected chi connectivity index (χ1v) is 4.23. The smallest absolute Gasteiger partial charge is 0.0327 e. The minimum absolute atomic E-state index is 0.833. The largest absolute Gasteiger partial charge is 0.115 e. The van der Waals surface area contributed by atoms with Crippen LogP contribution in [0.5, 0.6) is 0 Å². The van der Waals surface area contributed by atoms with Crippen LogP contribution in [0.4, 0.5) is 0 Å². The second-order valence-corrected chi connectivity index (χ2v) is 2.91. The molecule has 14 heavy (non-hydrogen) atoms. The van der Waals surface area contributed by atoms with E-state index in [9.17, 15) is 0 Å². The molecule has 0 nitrogen and oxygen atoms in total. The summed E-state index contributed by atoms with van der Waals surface area (Å²) in [7, 11) is 0. The molecule has 0 aliphatic rings. The van der Waals surface area contributed by atoms with E-state index in [-0.39, 0.29) is 0 Å². The van der Waals surface area contributed by atoms with E-state index in [1.165, 1.54) is 0 Å². The van der Waals surface area contributed by atoms with E-state index in [0.717, 1.165) is 21.9 Å². The highest BCUT2D eigenvalue weighted by Gasteiger charge is 2.00. The summed E-state index contributed by atoms with van der Waals surface area (Å²) in [6, 6.07) is 12.5. The first-order valence-electron chi connectivity index (χ1n) is 4.23. The Morgan fingerprint density at radius 3 is 2.50 bits per heavy atom. The molecule has 0 aliphatic carbocycles. The van der Waals surface area contributed by atoms with E-state index < -0.39 is 0 Å². The molecule has 2 rings (SSSR count). The summed E-state index contributed by atoms with van der Waals surface area (Å²) < 4.78 is 0. The first kappa shape index (κ1) is 8.42. The average Bonchev–Trinajstić information content (AvgIpc) is 2.27. The van der Waals surface area contributed by atoms with E-state index in [0.29, 0.717) is 0 Å². The molecule has 0 unspecified atom stereocenters. The fraction of sp³-hybridized carbons (Fsp3) is 0. The summed E-state index contributed by atoms with van der Waals surface area (Å²) in [6.07, 6.45) is 10.8. The van der Waals surface area contributed by atoms with E-state index in [2.05, 4.69) is 17.9 Å². The van der Waals surface area contributed by atoms with Crippen LogP contribution in [0, 0.1) is 30.8 Å². The van der Waals surface area contributed by atoms with Crippen molar-refractivity contribution in [2.45, 2.75) is 0 Å². The van der Waals surface area contributed by atoms with Gasteiger partial charge in [-0.2, -0.15) is 0 Å². The third-order valence-electron chi connectivity index (χ3n) is 2.14. The van der Waals surface area contributed by atoms with Crippen molar-refractivity contribution in [1.29, 1.82) is 0 Å². The SMILES string of the molecule is C#Cc1cccc2c(C#C)cc[c]c12. The van der Waals surface area contributed by atoms with Gasteiger partial charge in [0.1, 0.15) is 0 Å². The van der Waals surface area contributed by atoms with Crippen LogP contribution in [-0.4, -0.2) is 0 Å². The quantitative estimate of drug-likeness (QED) is 0.540. The van der Waals surface area contributed by atoms with Crippen LogP contribution >= 0.6 is 0 Å². The Bertz CT molecular complexity index is 509. The topological polar surface area (TPSA) is 0 Å². The average molecular weight is 175 g/mol. The Balaban J connectivity index is 2.95. The van der Waals surface area contributed by atoms with E-state index in [1.54, 1.807) is 6.07 Å². The lowest BCUT2D eigenvalue weighted by Gasteiger charge is -2.01. The van der Waals surface area contributed by atoms with Gasteiger partial charge in [-0.25, -0.2) is 0 Å². The van der Waals surface area contributed by atoms with Crippen molar-refractivity contribution in [2.24, 2.45) is 0 Å². The van der Waals surface area contributed by atoms with Crippen molar-refractivity contribution in [1.82, 2.24) is 0 Å². The summed E-state index contributed by atoms with van der Waals surface area (Å²) in [6.45, 7) is 0. The van der Waals surface area contributed by atoms with Crippen LogP contribution in [0.1, 0.15) is 11.1 Å². The van der Waals surface area contributed by atoms with Gasteiger partial charge in [0.15, 0.2) is 0 Å². The summed E-state index contributed by atoms with van der Waals surface area (Å²) in [5.74, 6) is 5.25. The zero-order chi connectivity index (χ0) is 9.97. The van der Waals surface area contributed by atoms with Crippen LogP contribution < -0.4 is 0 Å². The highest BCUT2D eigenvalue weighted by Crippen LogP contribution is 2.20. The van der Waals surface area contributed by atoms with Crippen molar-refractivity contribution in [3.8, 4) is 24.7 Å². The second-order valence-electron chi connectivity index (χ2n) is 2.91. The molecule has 63 valence electrons. The second kappa shape index (κ2) is 3.29. The highest BCUT2D eigenvalue weighted by atomic mass is 14.0. The van der Waals surface area contributed by atoms with E-state index >= 15 is 0 Å². The molecule has 0 aliphatic heterocycles. The lowest BCUT2D eigenvalue weighted by Crippen LogP contribution is -1.83. The first-order chi connectivity index (χ1) is 6.86. The molecule has 2 aromatic carbocycles. The number of terminal acetylenes is 2. The van der Waals surface area contributed by atoms with Gasteiger partial charge in [0.25, 0.3) is 0 Å². The molecule has 0 saturated heterocycles. The van der Waals surface area contributed by atoms with Crippen molar-refractivity contribution in [3.63, 3.8) is 0 Å². The molecule has 0 N–H and O–H groups in total. The fourth-order valence-electron chi connectivity index (χ4n) is 1.48. The maximum Gasteiger partial charge on any atom is 0.0327 e. The molecular weight excluding hydrogens is 168 g/mol. The van der Waals surface area contributed by atoms with Gasteiger partial charge in [0.05, 0.1) is 0 Å². The Hall–Kier alpha value is -2.18. The van der Waals surface area contributed by atoms with Crippen molar-refractivity contribution < 1.29 is 0 Å². The monoisotopic (exact) mass is 175 g/mol. The zero-order valence-electron chi connectivity index (χ0n) is 7.54. The van der Waals surface area contributed by atoms with Gasteiger partial charge in [-0.05, 0) is 23.6 Å².